The molecule has 0 aliphatic carbocycles. The topological polar surface area (TPSA) is 73.2 Å². The summed E-state index contributed by atoms with van der Waals surface area (Å²) in [6.07, 6.45) is -0.661. The highest BCUT2D eigenvalue weighted by atomic mass is 16.5. The number of benzene rings is 3. The van der Waals surface area contributed by atoms with Crippen LogP contribution in [0.25, 0.3) is 16.6 Å². The second-order valence-electron chi connectivity index (χ2n) is 7.86. The zero-order chi connectivity index (χ0) is 22.8. The summed E-state index contributed by atoms with van der Waals surface area (Å²) in [5.74, 6) is 1.00. The van der Waals surface area contributed by atoms with Gasteiger partial charge in [-0.25, -0.2) is 4.98 Å². The van der Waals surface area contributed by atoms with Gasteiger partial charge in [-0.3, -0.25) is 14.2 Å². The molecule has 0 aliphatic rings. The van der Waals surface area contributed by atoms with Gasteiger partial charge >= 0.3 is 0 Å². The van der Waals surface area contributed by atoms with Crippen molar-refractivity contribution in [2.45, 2.75) is 33.8 Å². The minimum absolute atomic E-state index is 0.125. The fraction of sp³-hybridized carbons (Fsp3) is 0.192. The molecule has 1 N–H and O–H groups in total. The Morgan fingerprint density at radius 2 is 1.69 bits per heavy atom. The predicted octanol–water partition coefficient (Wildman–Crippen LogP) is 4.72. The van der Waals surface area contributed by atoms with Gasteiger partial charge in [-0.1, -0.05) is 18.2 Å². The summed E-state index contributed by atoms with van der Waals surface area (Å²) in [5, 5.41) is 3.42. The zero-order valence-corrected chi connectivity index (χ0v) is 18.5. The number of aryl methyl sites for hydroxylation is 3. The van der Waals surface area contributed by atoms with Crippen LogP contribution in [0.15, 0.2) is 71.5 Å². The highest BCUT2D eigenvalue weighted by Gasteiger charge is 2.16. The van der Waals surface area contributed by atoms with E-state index in [-0.39, 0.29) is 11.5 Å². The Labute approximate surface area is 186 Å². The van der Waals surface area contributed by atoms with E-state index >= 15 is 0 Å². The first-order valence-electron chi connectivity index (χ1n) is 10.5. The minimum Gasteiger partial charge on any atom is -0.481 e. The lowest BCUT2D eigenvalue weighted by Crippen LogP contribution is -2.30. The number of fused-ring (bicyclic) bond motifs is 1. The Morgan fingerprint density at radius 1 is 0.969 bits per heavy atom. The summed E-state index contributed by atoms with van der Waals surface area (Å²) in [5.41, 5.74) is 4.13. The molecule has 4 aromatic rings. The number of hydrogen-bond acceptors (Lipinski definition) is 4. The summed E-state index contributed by atoms with van der Waals surface area (Å²) < 4.78 is 7.35. The maximum atomic E-state index is 13.0. The fourth-order valence-electron chi connectivity index (χ4n) is 3.53. The molecule has 1 amide bonds. The van der Waals surface area contributed by atoms with E-state index in [0.29, 0.717) is 33.9 Å². The number of aromatic nitrogens is 2. The van der Waals surface area contributed by atoms with Crippen molar-refractivity contribution in [3.05, 3.63) is 94.0 Å². The van der Waals surface area contributed by atoms with Gasteiger partial charge in [-0.2, -0.15) is 0 Å². The van der Waals surface area contributed by atoms with Crippen LogP contribution < -0.4 is 15.6 Å². The first kappa shape index (κ1) is 21.3. The molecule has 6 nitrogen and oxygen atoms in total. The van der Waals surface area contributed by atoms with E-state index in [0.717, 1.165) is 5.56 Å². The minimum atomic E-state index is -0.661. The van der Waals surface area contributed by atoms with E-state index in [1.54, 1.807) is 48.7 Å². The lowest BCUT2D eigenvalue weighted by atomic mass is 10.1. The van der Waals surface area contributed by atoms with Crippen LogP contribution in [0.1, 0.15) is 23.9 Å². The molecular formula is C26H25N3O3. The van der Waals surface area contributed by atoms with E-state index in [4.69, 9.17) is 4.74 Å². The van der Waals surface area contributed by atoms with Gasteiger partial charge < -0.3 is 10.1 Å². The number of amides is 1. The number of carbonyl (C=O) groups excluding carboxylic acids is 1. The molecule has 1 unspecified atom stereocenters. The van der Waals surface area contributed by atoms with Crippen molar-refractivity contribution >= 4 is 22.5 Å². The van der Waals surface area contributed by atoms with Gasteiger partial charge in [0.25, 0.3) is 11.5 Å². The van der Waals surface area contributed by atoms with Crippen LogP contribution in [0.3, 0.4) is 0 Å². The van der Waals surface area contributed by atoms with Crippen LogP contribution in [0.5, 0.6) is 5.75 Å². The number of nitrogens with zero attached hydrogens (tertiary/aromatic N) is 2. The molecule has 0 aliphatic heterocycles. The summed E-state index contributed by atoms with van der Waals surface area (Å²) in [6, 6.07) is 20.1. The molecule has 0 bridgehead atoms. The smallest absolute Gasteiger partial charge is 0.265 e. The number of para-hydroxylation sites is 1. The summed E-state index contributed by atoms with van der Waals surface area (Å²) in [6.45, 7) is 7.55. The summed E-state index contributed by atoms with van der Waals surface area (Å²) in [7, 11) is 0. The second-order valence-corrected chi connectivity index (χ2v) is 7.86. The number of ether oxygens (including phenoxy) is 1. The predicted molar refractivity (Wildman–Crippen MR) is 127 cm³/mol. The first-order chi connectivity index (χ1) is 15.3. The number of carbonyl (C=O) groups is 1. The molecule has 32 heavy (non-hydrogen) atoms. The molecule has 1 atom stereocenters. The van der Waals surface area contributed by atoms with E-state index in [1.165, 1.54) is 5.56 Å². The summed E-state index contributed by atoms with van der Waals surface area (Å²) >= 11 is 0. The Balaban J connectivity index is 1.50. The SMILES string of the molecule is Cc1ccc(OC(C)C(=O)Nc2ccc(-n3c(C)nc4ccccc4c3=O)cc2)cc1C. The second kappa shape index (κ2) is 8.67. The van der Waals surface area contributed by atoms with Crippen LogP contribution in [0, 0.1) is 20.8 Å². The van der Waals surface area contributed by atoms with Gasteiger partial charge in [0.15, 0.2) is 6.10 Å². The standard InChI is InChI=1S/C26H25N3O3/c1-16-9-14-22(15-17(16)2)32-18(3)25(30)28-20-10-12-21(13-11-20)29-19(4)27-24-8-6-5-7-23(24)26(29)31/h5-15,18H,1-4H3,(H,28,30). The maximum absolute atomic E-state index is 13.0. The van der Waals surface area contributed by atoms with E-state index in [2.05, 4.69) is 10.3 Å². The molecule has 6 heteroatoms. The quantitative estimate of drug-likeness (QED) is 0.500. The van der Waals surface area contributed by atoms with Crippen LogP contribution in [0.2, 0.25) is 0 Å². The van der Waals surface area contributed by atoms with Crippen LogP contribution in [0.4, 0.5) is 5.69 Å². The third-order valence-corrected chi connectivity index (χ3v) is 5.50. The molecule has 1 heterocycles. The largest absolute Gasteiger partial charge is 0.481 e. The van der Waals surface area contributed by atoms with Crippen molar-refractivity contribution in [1.82, 2.24) is 9.55 Å². The molecule has 0 saturated heterocycles. The van der Waals surface area contributed by atoms with Gasteiger partial charge in [0.1, 0.15) is 11.6 Å². The number of rotatable bonds is 5. The average molecular weight is 428 g/mol. The molecule has 3 aromatic carbocycles. The molecule has 0 fully saturated rings. The monoisotopic (exact) mass is 427 g/mol. The van der Waals surface area contributed by atoms with Crippen molar-refractivity contribution in [3.63, 3.8) is 0 Å². The third-order valence-electron chi connectivity index (χ3n) is 5.50. The Bertz CT molecular complexity index is 1360. The highest BCUT2D eigenvalue weighted by Crippen LogP contribution is 2.19. The Morgan fingerprint density at radius 3 is 2.41 bits per heavy atom. The van der Waals surface area contributed by atoms with E-state index in [1.807, 2.05) is 50.2 Å². The maximum Gasteiger partial charge on any atom is 0.265 e. The molecular weight excluding hydrogens is 402 g/mol. The molecule has 0 radical (unpaired) electrons. The van der Waals surface area contributed by atoms with Crippen molar-refractivity contribution in [1.29, 1.82) is 0 Å². The van der Waals surface area contributed by atoms with Gasteiger partial charge in [0, 0.05) is 5.69 Å². The Kier molecular flexibility index (Phi) is 5.77. The van der Waals surface area contributed by atoms with Crippen molar-refractivity contribution < 1.29 is 9.53 Å². The first-order valence-corrected chi connectivity index (χ1v) is 10.5. The fourth-order valence-corrected chi connectivity index (χ4v) is 3.53. The number of nitrogens with one attached hydrogen (secondary N) is 1. The van der Waals surface area contributed by atoms with Crippen LogP contribution in [-0.4, -0.2) is 21.6 Å². The van der Waals surface area contributed by atoms with Gasteiger partial charge in [-0.05, 0) is 87.4 Å². The zero-order valence-electron chi connectivity index (χ0n) is 18.5. The lowest BCUT2D eigenvalue weighted by molar-refractivity contribution is -0.122. The summed E-state index contributed by atoms with van der Waals surface area (Å²) in [4.78, 5) is 30.1. The number of hydrogen-bond donors (Lipinski definition) is 1. The molecule has 162 valence electrons. The number of anilines is 1. The molecule has 4 rings (SSSR count). The Hall–Kier alpha value is -3.93. The van der Waals surface area contributed by atoms with Crippen molar-refractivity contribution in [2.24, 2.45) is 0 Å². The van der Waals surface area contributed by atoms with Crippen molar-refractivity contribution in [3.8, 4) is 11.4 Å². The van der Waals surface area contributed by atoms with Gasteiger partial charge in [-0.15, -0.1) is 0 Å². The normalized spacial score (nSPS) is 11.9. The van der Waals surface area contributed by atoms with Gasteiger partial charge in [0.2, 0.25) is 0 Å². The van der Waals surface area contributed by atoms with E-state index in [9.17, 15) is 9.59 Å². The lowest BCUT2D eigenvalue weighted by Gasteiger charge is -2.16. The molecule has 0 spiro atoms. The highest BCUT2D eigenvalue weighted by molar-refractivity contribution is 5.94. The molecule has 1 aromatic heterocycles. The average Bonchev–Trinajstić information content (AvgIpc) is 2.77. The van der Waals surface area contributed by atoms with Crippen molar-refractivity contribution in [2.75, 3.05) is 5.32 Å². The van der Waals surface area contributed by atoms with Crippen LogP contribution >= 0.6 is 0 Å². The van der Waals surface area contributed by atoms with E-state index < -0.39 is 6.10 Å². The van der Waals surface area contributed by atoms with Gasteiger partial charge in [0.05, 0.1) is 16.6 Å². The molecule has 0 saturated carbocycles. The van der Waals surface area contributed by atoms with Crippen LogP contribution in [-0.2, 0) is 4.79 Å². The third kappa shape index (κ3) is 4.25.